The standard InChI is InChI=1S/C11H12ClN3O2/c1-8(7-15-6-2-5-13-15)14-11(16)9-3-4-10(12)17-9/h2-6,8H,7H2,1H3,(H,14,16). The summed E-state index contributed by atoms with van der Waals surface area (Å²) in [7, 11) is 0. The van der Waals surface area contributed by atoms with Crippen LogP contribution in [0.15, 0.2) is 35.0 Å². The molecule has 90 valence electrons. The van der Waals surface area contributed by atoms with Crippen molar-refractivity contribution in [2.45, 2.75) is 19.5 Å². The van der Waals surface area contributed by atoms with Gasteiger partial charge in [-0.3, -0.25) is 9.48 Å². The lowest BCUT2D eigenvalue weighted by Crippen LogP contribution is -2.35. The molecule has 0 fully saturated rings. The Labute approximate surface area is 103 Å². The van der Waals surface area contributed by atoms with Gasteiger partial charge in [0.15, 0.2) is 11.0 Å². The predicted molar refractivity (Wildman–Crippen MR) is 62.9 cm³/mol. The topological polar surface area (TPSA) is 60.1 Å². The van der Waals surface area contributed by atoms with Crippen LogP contribution in [0.5, 0.6) is 0 Å². The highest BCUT2D eigenvalue weighted by atomic mass is 35.5. The van der Waals surface area contributed by atoms with Gasteiger partial charge in [0.25, 0.3) is 5.91 Å². The number of carbonyl (C=O) groups is 1. The van der Waals surface area contributed by atoms with E-state index in [0.717, 1.165) is 0 Å². The van der Waals surface area contributed by atoms with Gasteiger partial charge in [-0.2, -0.15) is 5.10 Å². The Kier molecular flexibility index (Phi) is 3.49. The van der Waals surface area contributed by atoms with Crippen LogP contribution in [0.2, 0.25) is 5.22 Å². The first-order valence-corrected chi connectivity index (χ1v) is 5.56. The summed E-state index contributed by atoms with van der Waals surface area (Å²) in [5, 5.41) is 7.06. The molecule has 0 saturated carbocycles. The van der Waals surface area contributed by atoms with Crippen molar-refractivity contribution in [1.29, 1.82) is 0 Å². The van der Waals surface area contributed by atoms with Gasteiger partial charge < -0.3 is 9.73 Å². The minimum Gasteiger partial charge on any atom is -0.440 e. The van der Waals surface area contributed by atoms with Gasteiger partial charge in [0.2, 0.25) is 0 Å². The zero-order valence-electron chi connectivity index (χ0n) is 9.26. The molecule has 1 unspecified atom stereocenters. The van der Waals surface area contributed by atoms with E-state index in [1.807, 2.05) is 19.2 Å². The van der Waals surface area contributed by atoms with Crippen LogP contribution in [-0.4, -0.2) is 21.7 Å². The Balaban J connectivity index is 1.90. The molecule has 2 aromatic rings. The van der Waals surface area contributed by atoms with E-state index in [9.17, 15) is 4.79 Å². The number of furan rings is 1. The first kappa shape index (κ1) is 11.7. The smallest absolute Gasteiger partial charge is 0.287 e. The number of aromatic nitrogens is 2. The molecule has 5 nitrogen and oxygen atoms in total. The van der Waals surface area contributed by atoms with Gasteiger partial charge in [-0.25, -0.2) is 0 Å². The van der Waals surface area contributed by atoms with Gasteiger partial charge in [0.05, 0.1) is 6.54 Å². The lowest BCUT2D eigenvalue weighted by molar-refractivity contribution is 0.0908. The largest absolute Gasteiger partial charge is 0.440 e. The van der Waals surface area contributed by atoms with Gasteiger partial charge in [-0.15, -0.1) is 0 Å². The molecule has 17 heavy (non-hydrogen) atoms. The summed E-state index contributed by atoms with van der Waals surface area (Å²) >= 11 is 5.60. The number of halogens is 1. The van der Waals surface area contributed by atoms with Crippen LogP contribution in [0.25, 0.3) is 0 Å². The molecule has 0 bridgehead atoms. The number of amides is 1. The molecule has 0 radical (unpaired) electrons. The second kappa shape index (κ2) is 5.05. The minimum absolute atomic E-state index is 0.0497. The Morgan fingerprint density at radius 3 is 3.06 bits per heavy atom. The molecule has 2 rings (SSSR count). The lowest BCUT2D eigenvalue weighted by Gasteiger charge is -2.12. The van der Waals surface area contributed by atoms with Crippen molar-refractivity contribution in [2.24, 2.45) is 0 Å². The second-order valence-corrected chi connectivity index (χ2v) is 4.08. The summed E-state index contributed by atoms with van der Waals surface area (Å²) in [5.74, 6) is -0.0705. The fourth-order valence-electron chi connectivity index (χ4n) is 1.47. The Bertz CT molecular complexity index is 493. The summed E-state index contributed by atoms with van der Waals surface area (Å²) < 4.78 is 6.76. The van der Waals surface area contributed by atoms with Crippen molar-refractivity contribution in [3.8, 4) is 0 Å². The number of hydrogen-bond acceptors (Lipinski definition) is 3. The number of nitrogens with zero attached hydrogens (tertiary/aromatic N) is 2. The zero-order chi connectivity index (χ0) is 12.3. The Hall–Kier alpha value is -1.75. The molecule has 0 saturated heterocycles. The zero-order valence-corrected chi connectivity index (χ0v) is 10.0. The van der Waals surface area contributed by atoms with Crippen LogP contribution in [0, 0.1) is 0 Å². The van der Waals surface area contributed by atoms with E-state index in [2.05, 4.69) is 10.4 Å². The first-order chi connectivity index (χ1) is 8.15. The summed E-state index contributed by atoms with van der Waals surface area (Å²) in [6.45, 7) is 2.50. The number of rotatable bonds is 4. The maximum Gasteiger partial charge on any atom is 0.287 e. The molecule has 1 N–H and O–H groups in total. The average molecular weight is 254 g/mol. The normalized spacial score (nSPS) is 12.4. The predicted octanol–water partition coefficient (Wildman–Crippen LogP) is 1.95. The maximum atomic E-state index is 11.7. The fraction of sp³-hybridized carbons (Fsp3) is 0.273. The molecule has 6 heteroatoms. The van der Waals surface area contributed by atoms with Crippen molar-refractivity contribution < 1.29 is 9.21 Å². The molecular formula is C11H12ClN3O2. The van der Waals surface area contributed by atoms with E-state index in [-0.39, 0.29) is 22.9 Å². The summed E-state index contributed by atoms with van der Waals surface area (Å²) in [6, 6.07) is 4.86. The second-order valence-electron chi connectivity index (χ2n) is 3.71. The summed E-state index contributed by atoms with van der Waals surface area (Å²) in [5.41, 5.74) is 0. The van der Waals surface area contributed by atoms with E-state index >= 15 is 0 Å². The van der Waals surface area contributed by atoms with Crippen LogP contribution < -0.4 is 5.32 Å². The molecule has 0 aromatic carbocycles. The fourth-order valence-corrected chi connectivity index (χ4v) is 1.61. The van der Waals surface area contributed by atoms with Crippen LogP contribution in [-0.2, 0) is 6.54 Å². The SMILES string of the molecule is CC(Cn1cccn1)NC(=O)c1ccc(Cl)o1. The van der Waals surface area contributed by atoms with Crippen LogP contribution >= 0.6 is 11.6 Å². The highest BCUT2D eigenvalue weighted by molar-refractivity contribution is 6.29. The van der Waals surface area contributed by atoms with Crippen molar-refractivity contribution in [3.05, 3.63) is 41.6 Å². The molecule has 0 spiro atoms. The van der Waals surface area contributed by atoms with Crippen LogP contribution in [0.3, 0.4) is 0 Å². The van der Waals surface area contributed by atoms with Crippen molar-refractivity contribution >= 4 is 17.5 Å². The molecule has 0 aliphatic heterocycles. The average Bonchev–Trinajstić information content (AvgIpc) is 2.89. The van der Waals surface area contributed by atoms with Gasteiger partial charge in [0.1, 0.15) is 0 Å². The van der Waals surface area contributed by atoms with Gasteiger partial charge in [0, 0.05) is 18.4 Å². The lowest BCUT2D eigenvalue weighted by atomic mass is 10.3. The molecule has 2 aromatic heterocycles. The van der Waals surface area contributed by atoms with E-state index in [1.165, 1.54) is 12.1 Å². The highest BCUT2D eigenvalue weighted by Gasteiger charge is 2.13. The number of hydrogen-bond donors (Lipinski definition) is 1. The van der Waals surface area contributed by atoms with Crippen LogP contribution in [0.4, 0.5) is 0 Å². The van der Waals surface area contributed by atoms with Gasteiger partial charge >= 0.3 is 0 Å². The quantitative estimate of drug-likeness (QED) is 0.906. The molecule has 1 amide bonds. The molecule has 0 aliphatic rings. The van der Waals surface area contributed by atoms with E-state index in [1.54, 1.807) is 10.9 Å². The first-order valence-electron chi connectivity index (χ1n) is 5.19. The monoisotopic (exact) mass is 253 g/mol. The van der Waals surface area contributed by atoms with Crippen molar-refractivity contribution in [1.82, 2.24) is 15.1 Å². The van der Waals surface area contributed by atoms with Gasteiger partial charge in [-0.05, 0) is 36.7 Å². The van der Waals surface area contributed by atoms with E-state index < -0.39 is 0 Å². The third-order valence-corrected chi connectivity index (χ3v) is 2.40. The summed E-state index contributed by atoms with van der Waals surface area (Å²) in [4.78, 5) is 11.7. The molecule has 0 aliphatic carbocycles. The Morgan fingerprint density at radius 1 is 1.65 bits per heavy atom. The van der Waals surface area contributed by atoms with Crippen molar-refractivity contribution in [3.63, 3.8) is 0 Å². The van der Waals surface area contributed by atoms with Crippen LogP contribution in [0.1, 0.15) is 17.5 Å². The van der Waals surface area contributed by atoms with E-state index in [4.69, 9.17) is 16.0 Å². The highest BCUT2D eigenvalue weighted by Crippen LogP contribution is 2.12. The number of nitrogens with one attached hydrogen (secondary N) is 1. The Morgan fingerprint density at radius 2 is 2.47 bits per heavy atom. The van der Waals surface area contributed by atoms with E-state index in [0.29, 0.717) is 6.54 Å². The number of carbonyl (C=O) groups excluding carboxylic acids is 1. The minimum atomic E-state index is -0.281. The van der Waals surface area contributed by atoms with Gasteiger partial charge in [-0.1, -0.05) is 0 Å². The third kappa shape index (κ3) is 3.10. The third-order valence-electron chi connectivity index (χ3n) is 2.19. The molecule has 1 atom stereocenters. The van der Waals surface area contributed by atoms with Crippen molar-refractivity contribution in [2.75, 3.05) is 0 Å². The molecule has 2 heterocycles. The maximum absolute atomic E-state index is 11.7. The summed E-state index contributed by atoms with van der Waals surface area (Å²) in [6.07, 6.45) is 3.53. The molecular weight excluding hydrogens is 242 g/mol.